The van der Waals surface area contributed by atoms with Gasteiger partial charge in [-0.15, -0.1) is 0 Å². The highest BCUT2D eigenvalue weighted by atomic mass is 16.2. The number of anilines is 1. The Labute approximate surface area is 173 Å². The normalized spacial score (nSPS) is 16.3. The molecule has 2 aromatic carbocycles. The van der Waals surface area contributed by atoms with Gasteiger partial charge in [-0.25, -0.2) is 4.79 Å². The van der Waals surface area contributed by atoms with Crippen LogP contribution in [-0.2, 0) is 11.3 Å². The van der Waals surface area contributed by atoms with E-state index in [-0.39, 0.29) is 11.9 Å². The Morgan fingerprint density at radius 1 is 1.10 bits per heavy atom. The molecule has 1 atom stereocenters. The summed E-state index contributed by atoms with van der Waals surface area (Å²) < 4.78 is 0. The molecular weight excluding hydrogens is 362 g/mol. The van der Waals surface area contributed by atoms with Crippen molar-refractivity contribution in [2.45, 2.75) is 46.1 Å². The van der Waals surface area contributed by atoms with Crippen LogP contribution in [0.25, 0.3) is 0 Å². The quantitative estimate of drug-likeness (QED) is 0.751. The van der Waals surface area contributed by atoms with Crippen molar-refractivity contribution in [3.63, 3.8) is 0 Å². The van der Waals surface area contributed by atoms with Crippen LogP contribution in [0.5, 0.6) is 0 Å². The first kappa shape index (κ1) is 20.9. The van der Waals surface area contributed by atoms with Gasteiger partial charge in [-0.3, -0.25) is 4.79 Å². The maximum absolute atomic E-state index is 12.6. The molecule has 0 aromatic heterocycles. The van der Waals surface area contributed by atoms with Gasteiger partial charge in [-0.1, -0.05) is 36.4 Å². The van der Waals surface area contributed by atoms with Crippen LogP contribution in [0.3, 0.4) is 0 Å². The Balaban J connectivity index is 1.42. The van der Waals surface area contributed by atoms with Gasteiger partial charge in [0.15, 0.2) is 0 Å². The summed E-state index contributed by atoms with van der Waals surface area (Å²) in [5.74, 6) is 0.450. The molecular formula is C24H31N3O2. The molecule has 5 heteroatoms. The lowest BCUT2D eigenvalue weighted by Gasteiger charge is -2.32. The van der Waals surface area contributed by atoms with E-state index in [0.29, 0.717) is 25.4 Å². The first-order valence-corrected chi connectivity index (χ1v) is 10.4. The van der Waals surface area contributed by atoms with E-state index >= 15 is 0 Å². The van der Waals surface area contributed by atoms with Crippen LogP contribution in [-0.4, -0.2) is 29.9 Å². The summed E-state index contributed by atoms with van der Waals surface area (Å²) in [5, 5.41) is 6.01. The Bertz CT molecular complexity index is 850. The van der Waals surface area contributed by atoms with E-state index < -0.39 is 0 Å². The van der Waals surface area contributed by atoms with Gasteiger partial charge in [0.2, 0.25) is 5.91 Å². The second-order valence-electron chi connectivity index (χ2n) is 8.00. The number of urea groups is 1. The number of rotatable bonds is 6. The fourth-order valence-electron chi connectivity index (χ4n) is 3.84. The molecule has 0 radical (unpaired) electrons. The van der Waals surface area contributed by atoms with Crippen LogP contribution in [0.1, 0.15) is 42.4 Å². The van der Waals surface area contributed by atoms with Gasteiger partial charge in [0.25, 0.3) is 0 Å². The van der Waals surface area contributed by atoms with Crippen LogP contribution in [0.2, 0.25) is 0 Å². The van der Waals surface area contributed by atoms with Crippen molar-refractivity contribution in [3.8, 4) is 0 Å². The summed E-state index contributed by atoms with van der Waals surface area (Å²) in [5.41, 5.74) is 4.29. The molecule has 0 unspecified atom stereocenters. The number of carbonyl (C=O) groups is 2. The number of hydrogen-bond acceptors (Lipinski definition) is 2. The van der Waals surface area contributed by atoms with Gasteiger partial charge in [-0.2, -0.15) is 0 Å². The Hall–Kier alpha value is -2.82. The highest BCUT2D eigenvalue weighted by Crippen LogP contribution is 2.22. The molecule has 1 aliphatic heterocycles. The average molecular weight is 394 g/mol. The first-order valence-electron chi connectivity index (χ1n) is 10.4. The largest absolute Gasteiger partial charge is 0.352 e. The fourth-order valence-corrected chi connectivity index (χ4v) is 3.84. The maximum Gasteiger partial charge on any atom is 0.321 e. The van der Waals surface area contributed by atoms with Crippen LogP contribution in [0.4, 0.5) is 10.5 Å². The van der Waals surface area contributed by atoms with Crippen LogP contribution >= 0.6 is 0 Å². The number of likely N-dealkylation sites (tertiary alicyclic amines) is 1. The SMILES string of the molecule is Cc1cccc(NC(=O)N2CCC[C@@H](CCC(=O)NCc3ccccc3C)C2)c1. The van der Waals surface area contributed by atoms with E-state index in [9.17, 15) is 9.59 Å². The molecule has 0 aliphatic carbocycles. The van der Waals surface area contributed by atoms with E-state index in [1.165, 1.54) is 5.56 Å². The van der Waals surface area contributed by atoms with Gasteiger partial charge < -0.3 is 15.5 Å². The predicted molar refractivity (Wildman–Crippen MR) is 117 cm³/mol. The molecule has 5 nitrogen and oxygen atoms in total. The molecule has 2 aromatic rings. The van der Waals surface area contributed by atoms with Crippen molar-refractivity contribution in [1.82, 2.24) is 10.2 Å². The third-order valence-electron chi connectivity index (χ3n) is 5.59. The Morgan fingerprint density at radius 3 is 2.72 bits per heavy atom. The molecule has 0 spiro atoms. The summed E-state index contributed by atoms with van der Waals surface area (Å²) in [6.07, 6.45) is 3.37. The number of carbonyl (C=O) groups excluding carboxylic acids is 2. The molecule has 1 heterocycles. The van der Waals surface area contributed by atoms with Crippen molar-refractivity contribution in [1.29, 1.82) is 0 Å². The average Bonchev–Trinajstić information content (AvgIpc) is 2.72. The van der Waals surface area contributed by atoms with Gasteiger partial charge in [0.1, 0.15) is 0 Å². The third-order valence-corrected chi connectivity index (χ3v) is 5.59. The van der Waals surface area contributed by atoms with Crippen molar-refractivity contribution in [2.24, 2.45) is 5.92 Å². The van der Waals surface area contributed by atoms with Crippen molar-refractivity contribution in [3.05, 3.63) is 65.2 Å². The van der Waals surface area contributed by atoms with E-state index in [4.69, 9.17) is 0 Å². The summed E-state index contributed by atoms with van der Waals surface area (Å²) in [6.45, 7) is 6.12. The number of nitrogens with zero attached hydrogens (tertiary/aromatic N) is 1. The number of nitrogens with one attached hydrogen (secondary N) is 2. The van der Waals surface area contributed by atoms with Crippen molar-refractivity contribution in [2.75, 3.05) is 18.4 Å². The number of amides is 3. The predicted octanol–water partition coefficient (Wildman–Crippen LogP) is 4.64. The lowest BCUT2D eigenvalue weighted by atomic mass is 9.93. The second-order valence-corrected chi connectivity index (χ2v) is 8.00. The van der Waals surface area contributed by atoms with E-state index in [1.807, 2.05) is 54.3 Å². The molecule has 1 fully saturated rings. The lowest BCUT2D eigenvalue weighted by molar-refractivity contribution is -0.121. The molecule has 29 heavy (non-hydrogen) atoms. The minimum absolute atomic E-state index is 0.0516. The zero-order chi connectivity index (χ0) is 20.6. The maximum atomic E-state index is 12.6. The van der Waals surface area contributed by atoms with Crippen LogP contribution in [0, 0.1) is 19.8 Å². The molecule has 0 saturated carbocycles. The summed E-state index contributed by atoms with van der Waals surface area (Å²) >= 11 is 0. The molecule has 2 N–H and O–H groups in total. The standard InChI is InChI=1S/C24H31N3O2/c1-18-7-5-11-22(15-18)26-24(29)27-14-6-9-20(17-27)12-13-23(28)25-16-21-10-4-3-8-19(21)2/h3-5,7-8,10-11,15,20H,6,9,12-14,16-17H2,1-2H3,(H,25,28)(H,26,29)/t20-/m0/s1. The highest BCUT2D eigenvalue weighted by Gasteiger charge is 2.24. The zero-order valence-corrected chi connectivity index (χ0v) is 17.4. The zero-order valence-electron chi connectivity index (χ0n) is 17.4. The molecule has 1 saturated heterocycles. The smallest absolute Gasteiger partial charge is 0.321 e. The second kappa shape index (κ2) is 10.1. The number of aryl methyl sites for hydroxylation is 2. The highest BCUT2D eigenvalue weighted by molar-refractivity contribution is 5.89. The lowest BCUT2D eigenvalue weighted by Crippen LogP contribution is -2.42. The number of benzene rings is 2. The topological polar surface area (TPSA) is 61.4 Å². The fraction of sp³-hybridized carbons (Fsp3) is 0.417. The minimum atomic E-state index is -0.0516. The Kier molecular flexibility index (Phi) is 7.28. The summed E-state index contributed by atoms with van der Waals surface area (Å²) in [4.78, 5) is 26.7. The van der Waals surface area contributed by atoms with E-state index in [0.717, 1.165) is 42.6 Å². The number of piperidine rings is 1. The molecule has 3 amide bonds. The molecule has 3 rings (SSSR count). The van der Waals surface area contributed by atoms with Gasteiger partial charge in [0.05, 0.1) is 0 Å². The number of hydrogen-bond donors (Lipinski definition) is 2. The first-order chi connectivity index (χ1) is 14.0. The van der Waals surface area contributed by atoms with E-state index in [2.05, 4.69) is 23.6 Å². The molecule has 1 aliphatic rings. The molecule has 0 bridgehead atoms. The van der Waals surface area contributed by atoms with Gasteiger partial charge >= 0.3 is 6.03 Å². The third kappa shape index (κ3) is 6.34. The van der Waals surface area contributed by atoms with Gasteiger partial charge in [-0.05, 0) is 67.9 Å². The molecule has 154 valence electrons. The Morgan fingerprint density at radius 2 is 1.93 bits per heavy atom. The summed E-state index contributed by atoms with van der Waals surface area (Å²) in [6, 6.07) is 15.9. The monoisotopic (exact) mass is 393 g/mol. The summed E-state index contributed by atoms with van der Waals surface area (Å²) in [7, 11) is 0. The van der Waals surface area contributed by atoms with Crippen LogP contribution in [0.15, 0.2) is 48.5 Å². The van der Waals surface area contributed by atoms with Crippen LogP contribution < -0.4 is 10.6 Å². The van der Waals surface area contributed by atoms with Crippen molar-refractivity contribution < 1.29 is 9.59 Å². The van der Waals surface area contributed by atoms with Crippen molar-refractivity contribution >= 4 is 17.6 Å². The van der Waals surface area contributed by atoms with E-state index in [1.54, 1.807) is 0 Å². The minimum Gasteiger partial charge on any atom is -0.352 e. The van der Waals surface area contributed by atoms with Gasteiger partial charge in [0, 0.05) is 31.7 Å².